The van der Waals surface area contributed by atoms with Crippen molar-refractivity contribution >= 4 is 38.3 Å². The van der Waals surface area contributed by atoms with Gasteiger partial charge in [-0.05, 0) is 60.8 Å². The molecule has 0 aliphatic heterocycles. The van der Waals surface area contributed by atoms with Gasteiger partial charge in [-0.25, -0.2) is 4.98 Å². The predicted octanol–water partition coefficient (Wildman–Crippen LogP) is 4.49. The summed E-state index contributed by atoms with van der Waals surface area (Å²) in [5.74, 6) is 0.446. The van der Waals surface area contributed by atoms with Crippen molar-refractivity contribution in [1.29, 1.82) is 0 Å². The number of benzene rings is 1. The molecule has 1 heterocycles. The van der Waals surface area contributed by atoms with Crippen molar-refractivity contribution in [3.63, 3.8) is 0 Å². The van der Waals surface area contributed by atoms with Gasteiger partial charge < -0.3 is 4.74 Å². The normalized spacial score (nSPS) is 12.0. The lowest BCUT2D eigenvalue weighted by molar-refractivity contribution is -0.122. The summed E-state index contributed by atoms with van der Waals surface area (Å²) in [5.41, 5.74) is 2.15. The second-order valence-corrected chi connectivity index (χ2v) is 7.12. The van der Waals surface area contributed by atoms with Crippen LogP contribution in [0.25, 0.3) is 0 Å². The molecule has 6 heteroatoms. The number of anilines is 1. The summed E-state index contributed by atoms with van der Waals surface area (Å²) in [6.07, 6.45) is 0.258. The van der Waals surface area contributed by atoms with Crippen LogP contribution in [0.2, 0.25) is 0 Å². The van der Waals surface area contributed by atoms with Crippen molar-refractivity contribution in [3.8, 4) is 5.75 Å². The largest absolute Gasteiger partial charge is 0.480 e. The Bertz CT molecular complexity index is 685. The molecule has 1 amide bonds. The van der Waals surface area contributed by atoms with Gasteiger partial charge in [-0.1, -0.05) is 13.0 Å². The Morgan fingerprint density at radius 3 is 2.77 bits per heavy atom. The molecule has 0 spiro atoms. The molecule has 1 aromatic heterocycles. The van der Waals surface area contributed by atoms with Crippen LogP contribution in [0.1, 0.15) is 30.0 Å². The van der Waals surface area contributed by atoms with Crippen molar-refractivity contribution in [2.24, 2.45) is 0 Å². The van der Waals surface area contributed by atoms with Crippen LogP contribution in [0, 0.1) is 13.8 Å². The molecule has 118 valence electrons. The molecule has 1 N–H and O–H groups in total. The number of amides is 1. The molecule has 0 bridgehead atoms. The number of carbonyl (C=O) groups is 1. The second kappa shape index (κ2) is 7.24. The first kappa shape index (κ1) is 17.0. The molecule has 1 unspecified atom stereocenters. The summed E-state index contributed by atoms with van der Waals surface area (Å²) >= 11 is 4.93. The molecule has 0 saturated carbocycles. The highest BCUT2D eigenvalue weighted by Gasteiger charge is 2.18. The Hall–Kier alpha value is -1.40. The number of hydrogen-bond acceptors (Lipinski definition) is 4. The third kappa shape index (κ3) is 4.08. The van der Waals surface area contributed by atoms with E-state index >= 15 is 0 Å². The number of ether oxygens (including phenoxy) is 1. The van der Waals surface area contributed by atoms with E-state index in [1.54, 1.807) is 6.92 Å². The van der Waals surface area contributed by atoms with Crippen molar-refractivity contribution in [2.45, 2.75) is 40.2 Å². The smallest absolute Gasteiger partial charge is 0.266 e. The summed E-state index contributed by atoms with van der Waals surface area (Å²) in [4.78, 5) is 17.8. The molecule has 0 saturated heterocycles. The zero-order valence-electron chi connectivity index (χ0n) is 13.1. The van der Waals surface area contributed by atoms with Gasteiger partial charge in [0.05, 0.1) is 10.2 Å². The van der Waals surface area contributed by atoms with Gasteiger partial charge in [-0.2, -0.15) is 0 Å². The maximum atomic E-state index is 12.2. The minimum absolute atomic E-state index is 0.205. The van der Waals surface area contributed by atoms with Crippen molar-refractivity contribution in [2.75, 3.05) is 5.32 Å². The van der Waals surface area contributed by atoms with Crippen LogP contribution < -0.4 is 10.1 Å². The van der Waals surface area contributed by atoms with Gasteiger partial charge in [-0.15, -0.1) is 11.3 Å². The summed E-state index contributed by atoms with van der Waals surface area (Å²) in [7, 11) is 0. The van der Waals surface area contributed by atoms with E-state index in [9.17, 15) is 4.79 Å². The average Bonchev–Trinajstić information content (AvgIpc) is 2.81. The molecule has 0 radical (unpaired) electrons. The Morgan fingerprint density at radius 2 is 2.18 bits per heavy atom. The summed E-state index contributed by atoms with van der Waals surface area (Å²) in [6.45, 7) is 7.79. The highest BCUT2D eigenvalue weighted by Crippen LogP contribution is 2.27. The first-order valence-corrected chi connectivity index (χ1v) is 8.71. The molecule has 0 aliphatic rings. The van der Waals surface area contributed by atoms with E-state index in [0.717, 1.165) is 27.0 Å². The molecule has 2 rings (SSSR count). The van der Waals surface area contributed by atoms with E-state index in [-0.39, 0.29) is 5.91 Å². The number of thiazole rings is 1. The molecule has 2 aromatic rings. The quantitative estimate of drug-likeness (QED) is 0.828. The fourth-order valence-corrected chi connectivity index (χ4v) is 3.45. The lowest BCUT2D eigenvalue weighted by atomic mass is 10.2. The van der Waals surface area contributed by atoms with Gasteiger partial charge in [0.15, 0.2) is 11.2 Å². The van der Waals surface area contributed by atoms with Crippen LogP contribution in [0.3, 0.4) is 0 Å². The Labute approximate surface area is 143 Å². The number of nitrogens with one attached hydrogen (secondary N) is 1. The van der Waals surface area contributed by atoms with Gasteiger partial charge in [0, 0.05) is 4.88 Å². The number of aryl methyl sites for hydroxylation is 3. The second-order valence-electron chi connectivity index (χ2n) is 5.06. The Balaban J connectivity index is 2.02. The highest BCUT2D eigenvalue weighted by atomic mass is 79.9. The zero-order valence-corrected chi connectivity index (χ0v) is 15.5. The monoisotopic (exact) mass is 382 g/mol. The molecular weight excluding hydrogens is 364 g/mol. The van der Waals surface area contributed by atoms with Crippen LogP contribution in [0.4, 0.5) is 5.13 Å². The minimum Gasteiger partial charge on any atom is -0.480 e. The summed E-state index contributed by atoms with van der Waals surface area (Å²) < 4.78 is 6.55. The molecule has 22 heavy (non-hydrogen) atoms. The predicted molar refractivity (Wildman–Crippen MR) is 93.8 cm³/mol. The van der Waals surface area contributed by atoms with Crippen LogP contribution in [0.5, 0.6) is 5.75 Å². The number of nitrogens with zero attached hydrogens (tertiary/aromatic N) is 1. The van der Waals surface area contributed by atoms with Crippen molar-refractivity contribution in [1.82, 2.24) is 4.98 Å². The van der Waals surface area contributed by atoms with E-state index in [1.807, 2.05) is 39.0 Å². The van der Waals surface area contributed by atoms with Gasteiger partial charge in [0.1, 0.15) is 5.75 Å². The Morgan fingerprint density at radius 1 is 1.45 bits per heavy atom. The zero-order chi connectivity index (χ0) is 16.3. The summed E-state index contributed by atoms with van der Waals surface area (Å²) in [5, 5.41) is 3.44. The van der Waals surface area contributed by atoms with Crippen LogP contribution in [-0.4, -0.2) is 17.0 Å². The van der Waals surface area contributed by atoms with E-state index < -0.39 is 6.10 Å². The lowest BCUT2D eigenvalue weighted by Crippen LogP contribution is -2.30. The number of hydrogen-bond donors (Lipinski definition) is 1. The minimum atomic E-state index is -0.603. The standard InChI is InChI=1S/C16H19BrN2O2S/c1-5-13-11(4)22-16(18-13)19-15(20)10(3)21-14-7-6-9(2)8-12(14)17/h6-8,10H,5H2,1-4H3,(H,18,19,20). The molecule has 0 fully saturated rings. The number of halogens is 1. The summed E-state index contributed by atoms with van der Waals surface area (Å²) in [6, 6.07) is 5.76. The number of aromatic nitrogens is 1. The van der Waals surface area contributed by atoms with Gasteiger partial charge in [0.2, 0.25) is 0 Å². The topological polar surface area (TPSA) is 51.2 Å². The highest BCUT2D eigenvalue weighted by molar-refractivity contribution is 9.10. The van der Waals surface area contributed by atoms with Gasteiger partial charge >= 0.3 is 0 Å². The molecule has 0 aliphatic carbocycles. The molecule has 4 nitrogen and oxygen atoms in total. The SMILES string of the molecule is CCc1nc(NC(=O)C(C)Oc2ccc(C)cc2Br)sc1C. The van der Waals surface area contributed by atoms with E-state index in [4.69, 9.17) is 4.74 Å². The van der Waals surface area contributed by atoms with Gasteiger partial charge in [0.25, 0.3) is 5.91 Å². The molecular formula is C16H19BrN2O2S. The van der Waals surface area contributed by atoms with Crippen LogP contribution in [-0.2, 0) is 11.2 Å². The first-order chi connectivity index (χ1) is 10.4. The van der Waals surface area contributed by atoms with E-state index in [0.29, 0.717) is 10.9 Å². The maximum absolute atomic E-state index is 12.2. The van der Waals surface area contributed by atoms with E-state index in [1.165, 1.54) is 11.3 Å². The van der Waals surface area contributed by atoms with Crippen LogP contribution >= 0.6 is 27.3 Å². The van der Waals surface area contributed by atoms with E-state index in [2.05, 4.69) is 26.2 Å². The van der Waals surface area contributed by atoms with Crippen LogP contribution in [0.15, 0.2) is 22.7 Å². The Kier molecular flexibility index (Phi) is 5.58. The molecule has 1 aromatic carbocycles. The van der Waals surface area contributed by atoms with Crippen molar-refractivity contribution in [3.05, 3.63) is 38.8 Å². The first-order valence-electron chi connectivity index (χ1n) is 7.10. The van der Waals surface area contributed by atoms with Crippen molar-refractivity contribution < 1.29 is 9.53 Å². The van der Waals surface area contributed by atoms with Gasteiger partial charge in [-0.3, -0.25) is 10.1 Å². The number of carbonyl (C=O) groups excluding carboxylic acids is 1. The fraction of sp³-hybridized carbons (Fsp3) is 0.375. The average molecular weight is 383 g/mol. The fourth-order valence-electron chi connectivity index (χ4n) is 1.96. The lowest BCUT2D eigenvalue weighted by Gasteiger charge is -2.15. The molecule has 1 atom stereocenters. The third-order valence-electron chi connectivity index (χ3n) is 3.22. The third-order valence-corrected chi connectivity index (χ3v) is 4.77. The maximum Gasteiger partial charge on any atom is 0.266 e. The number of rotatable bonds is 5.